The van der Waals surface area contributed by atoms with Gasteiger partial charge < -0.3 is 5.32 Å². The van der Waals surface area contributed by atoms with Crippen molar-refractivity contribution in [1.82, 2.24) is 15.3 Å². The minimum Gasteiger partial charge on any atom is -0.358 e. The average molecular weight is 284 g/mol. The first-order chi connectivity index (χ1) is 9.92. The van der Waals surface area contributed by atoms with E-state index in [0.29, 0.717) is 0 Å². The fourth-order valence-electron chi connectivity index (χ4n) is 2.13. The van der Waals surface area contributed by atoms with Crippen molar-refractivity contribution >= 4 is 16.9 Å². The molecule has 0 radical (unpaired) electrons. The number of rotatable bonds is 4. The van der Waals surface area contributed by atoms with Gasteiger partial charge in [0.25, 0.3) is 0 Å². The van der Waals surface area contributed by atoms with Gasteiger partial charge in [-0.05, 0) is 23.8 Å². The molecule has 0 spiro atoms. The summed E-state index contributed by atoms with van der Waals surface area (Å²) in [7, 11) is 0. The second-order valence-electron chi connectivity index (χ2n) is 4.54. The molecular weight excluding hydrogens is 268 g/mol. The lowest BCUT2D eigenvalue weighted by Crippen LogP contribution is -2.27. The Morgan fingerprint density at radius 1 is 1.20 bits per heavy atom. The van der Waals surface area contributed by atoms with Crippen LogP contribution < -0.4 is 5.32 Å². The molecule has 1 atom stereocenters. The highest BCUT2D eigenvalue weighted by Crippen LogP contribution is 2.20. The number of nitrogens with zero attached hydrogens (tertiary/aromatic N) is 3. The van der Waals surface area contributed by atoms with Crippen molar-refractivity contribution in [2.24, 2.45) is 4.99 Å². The van der Waals surface area contributed by atoms with Crippen LogP contribution in [0.5, 0.6) is 0 Å². The fraction of sp³-hybridized carbons (Fsp3) is 0.267. The summed E-state index contributed by atoms with van der Waals surface area (Å²) in [5, 5.41) is 4.54. The molecule has 3 rings (SSSR count). The molecule has 3 heterocycles. The highest BCUT2D eigenvalue weighted by atomic mass is 32.2. The van der Waals surface area contributed by atoms with E-state index in [1.807, 2.05) is 30.6 Å². The van der Waals surface area contributed by atoms with E-state index in [9.17, 15) is 0 Å². The molecule has 1 N–H and O–H groups in total. The monoisotopic (exact) mass is 284 g/mol. The first kappa shape index (κ1) is 13.1. The number of pyridine rings is 2. The number of amidine groups is 1. The second kappa shape index (κ2) is 6.52. The summed E-state index contributed by atoms with van der Waals surface area (Å²) in [5.74, 6) is 1.06. The van der Waals surface area contributed by atoms with Crippen LogP contribution in [0.2, 0.25) is 0 Å². The molecule has 1 unspecified atom stereocenters. The maximum atomic E-state index is 4.47. The largest absolute Gasteiger partial charge is 0.358 e. The smallest absolute Gasteiger partial charge is 0.157 e. The molecule has 102 valence electrons. The summed E-state index contributed by atoms with van der Waals surface area (Å²) in [5.41, 5.74) is 2.23. The SMILES string of the molecule is c1ccc(CC(NC2=NCCS2)c2cccnc2)nc1. The molecule has 0 aromatic carbocycles. The van der Waals surface area contributed by atoms with Gasteiger partial charge in [0.2, 0.25) is 0 Å². The van der Waals surface area contributed by atoms with Crippen molar-refractivity contribution in [3.8, 4) is 0 Å². The maximum Gasteiger partial charge on any atom is 0.157 e. The Morgan fingerprint density at radius 2 is 2.20 bits per heavy atom. The average Bonchev–Trinajstić information content (AvgIpc) is 3.02. The summed E-state index contributed by atoms with van der Waals surface area (Å²) in [4.78, 5) is 13.1. The van der Waals surface area contributed by atoms with Crippen LogP contribution >= 0.6 is 11.8 Å². The lowest BCUT2D eigenvalue weighted by atomic mass is 10.0. The predicted molar refractivity (Wildman–Crippen MR) is 82.8 cm³/mol. The van der Waals surface area contributed by atoms with Crippen molar-refractivity contribution in [2.75, 3.05) is 12.3 Å². The van der Waals surface area contributed by atoms with Gasteiger partial charge in [-0.15, -0.1) is 0 Å². The summed E-state index contributed by atoms with van der Waals surface area (Å²) >= 11 is 1.77. The van der Waals surface area contributed by atoms with E-state index in [1.54, 1.807) is 18.0 Å². The Kier molecular flexibility index (Phi) is 4.28. The van der Waals surface area contributed by atoms with Crippen molar-refractivity contribution in [2.45, 2.75) is 12.5 Å². The van der Waals surface area contributed by atoms with Crippen LogP contribution in [0.25, 0.3) is 0 Å². The maximum absolute atomic E-state index is 4.47. The number of aliphatic imine (C=N–C) groups is 1. The van der Waals surface area contributed by atoms with Crippen LogP contribution in [0.1, 0.15) is 17.3 Å². The van der Waals surface area contributed by atoms with Crippen LogP contribution in [0.15, 0.2) is 53.9 Å². The highest BCUT2D eigenvalue weighted by molar-refractivity contribution is 8.14. The zero-order valence-corrected chi connectivity index (χ0v) is 11.9. The summed E-state index contributed by atoms with van der Waals surface area (Å²) < 4.78 is 0. The van der Waals surface area contributed by atoms with E-state index in [0.717, 1.165) is 35.1 Å². The molecule has 20 heavy (non-hydrogen) atoms. The number of aromatic nitrogens is 2. The van der Waals surface area contributed by atoms with Gasteiger partial charge in [-0.3, -0.25) is 15.0 Å². The van der Waals surface area contributed by atoms with Gasteiger partial charge in [-0.25, -0.2) is 0 Å². The van der Waals surface area contributed by atoms with Crippen molar-refractivity contribution in [3.05, 3.63) is 60.2 Å². The molecule has 5 heteroatoms. The zero-order chi connectivity index (χ0) is 13.6. The van der Waals surface area contributed by atoms with E-state index in [1.165, 1.54) is 0 Å². The molecule has 0 aliphatic carbocycles. The first-order valence-corrected chi connectivity index (χ1v) is 7.64. The van der Waals surface area contributed by atoms with E-state index in [2.05, 4.69) is 32.4 Å². The van der Waals surface area contributed by atoms with Gasteiger partial charge in [-0.1, -0.05) is 23.9 Å². The van der Waals surface area contributed by atoms with Crippen LogP contribution in [0.4, 0.5) is 0 Å². The van der Waals surface area contributed by atoms with E-state index < -0.39 is 0 Å². The van der Waals surface area contributed by atoms with Crippen molar-refractivity contribution in [1.29, 1.82) is 0 Å². The molecule has 1 aliphatic heterocycles. The minimum absolute atomic E-state index is 0.156. The topological polar surface area (TPSA) is 50.2 Å². The van der Waals surface area contributed by atoms with Crippen LogP contribution in [-0.4, -0.2) is 27.4 Å². The Labute approximate surface area is 122 Å². The number of thioether (sulfide) groups is 1. The third kappa shape index (κ3) is 3.36. The third-order valence-electron chi connectivity index (χ3n) is 3.11. The van der Waals surface area contributed by atoms with Crippen LogP contribution in [0.3, 0.4) is 0 Å². The number of hydrogen-bond acceptors (Lipinski definition) is 5. The first-order valence-electron chi connectivity index (χ1n) is 6.65. The fourth-order valence-corrected chi connectivity index (χ4v) is 2.92. The molecular formula is C15H16N4S. The molecule has 0 fully saturated rings. The third-order valence-corrected chi connectivity index (χ3v) is 4.02. The van der Waals surface area contributed by atoms with Crippen LogP contribution in [-0.2, 0) is 6.42 Å². The summed E-state index contributed by atoms with van der Waals surface area (Å²) in [6.45, 7) is 0.899. The lowest BCUT2D eigenvalue weighted by Gasteiger charge is -2.19. The second-order valence-corrected chi connectivity index (χ2v) is 5.63. The number of hydrogen-bond donors (Lipinski definition) is 1. The molecule has 1 aliphatic rings. The van der Waals surface area contributed by atoms with Crippen LogP contribution in [0, 0.1) is 0 Å². The Balaban J connectivity index is 1.79. The standard InChI is InChI=1S/C15H16N4S/c1-2-7-17-13(5-1)10-14(12-4-3-6-16-11-12)19-15-18-8-9-20-15/h1-7,11,14H,8-10H2,(H,18,19). The van der Waals surface area contributed by atoms with Gasteiger partial charge in [0.15, 0.2) is 5.17 Å². The Hall–Kier alpha value is -1.88. The van der Waals surface area contributed by atoms with E-state index >= 15 is 0 Å². The van der Waals surface area contributed by atoms with Crippen molar-refractivity contribution < 1.29 is 0 Å². The predicted octanol–water partition coefficient (Wildman–Crippen LogP) is 2.45. The Bertz CT molecular complexity index is 571. The molecule has 2 aromatic heterocycles. The molecule has 0 saturated heterocycles. The Morgan fingerprint density at radius 3 is 2.90 bits per heavy atom. The zero-order valence-electron chi connectivity index (χ0n) is 11.1. The molecule has 4 nitrogen and oxygen atoms in total. The van der Waals surface area contributed by atoms with Gasteiger partial charge in [0, 0.05) is 36.5 Å². The van der Waals surface area contributed by atoms with Crippen molar-refractivity contribution in [3.63, 3.8) is 0 Å². The van der Waals surface area contributed by atoms with Gasteiger partial charge in [0.1, 0.15) is 0 Å². The lowest BCUT2D eigenvalue weighted by molar-refractivity contribution is 0.635. The highest BCUT2D eigenvalue weighted by Gasteiger charge is 2.17. The van der Waals surface area contributed by atoms with E-state index in [-0.39, 0.29) is 6.04 Å². The number of nitrogens with one attached hydrogen (secondary N) is 1. The normalized spacial score (nSPS) is 15.7. The molecule has 0 saturated carbocycles. The summed E-state index contributed by atoms with van der Waals surface area (Å²) in [6, 6.07) is 10.2. The molecule has 2 aromatic rings. The van der Waals surface area contributed by atoms with Gasteiger partial charge in [-0.2, -0.15) is 0 Å². The molecule has 0 bridgehead atoms. The minimum atomic E-state index is 0.156. The van der Waals surface area contributed by atoms with Gasteiger partial charge in [0.05, 0.1) is 12.6 Å². The molecule has 0 amide bonds. The van der Waals surface area contributed by atoms with Gasteiger partial charge >= 0.3 is 0 Å². The van der Waals surface area contributed by atoms with E-state index in [4.69, 9.17) is 0 Å². The quantitative estimate of drug-likeness (QED) is 0.937. The summed E-state index contributed by atoms with van der Waals surface area (Å²) in [6.07, 6.45) is 6.35.